The summed E-state index contributed by atoms with van der Waals surface area (Å²) in [6.45, 7) is 6.95. The molecular formula is C13H24N2O4S2. The normalized spacial score (nSPS) is 36.0. The lowest BCUT2D eigenvalue weighted by molar-refractivity contribution is -0.140. The topological polar surface area (TPSA) is 77.9 Å². The van der Waals surface area contributed by atoms with Crippen LogP contribution in [0, 0.1) is 11.8 Å². The second-order valence-corrected chi connectivity index (χ2v) is 9.20. The Balaban J connectivity index is 2.29. The van der Waals surface area contributed by atoms with Crippen LogP contribution in [0.3, 0.4) is 0 Å². The van der Waals surface area contributed by atoms with Crippen LogP contribution < -0.4 is 0 Å². The summed E-state index contributed by atoms with van der Waals surface area (Å²) < 4.78 is 28.6. The standard InChI is InChI=1S/C13H24N2O4S2/c1-4-12-15(11(8-20-12)13(16)17)21(18,19)14-6-9(2)5-10(3)7-14/h9-12H,4-8H2,1-3H3,(H,16,17). The van der Waals surface area contributed by atoms with Gasteiger partial charge >= 0.3 is 5.97 Å². The number of carbonyl (C=O) groups is 1. The van der Waals surface area contributed by atoms with Gasteiger partial charge in [-0.05, 0) is 24.7 Å². The first kappa shape index (κ1) is 17.1. The molecule has 4 unspecified atom stereocenters. The molecule has 2 saturated heterocycles. The monoisotopic (exact) mass is 336 g/mol. The predicted molar refractivity (Wildman–Crippen MR) is 83.2 cm³/mol. The van der Waals surface area contributed by atoms with Gasteiger partial charge in [0, 0.05) is 18.8 Å². The van der Waals surface area contributed by atoms with Gasteiger partial charge in [0.05, 0.1) is 5.37 Å². The van der Waals surface area contributed by atoms with Crippen molar-refractivity contribution >= 4 is 27.9 Å². The maximum Gasteiger partial charge on any atom is 0.322 e. The number of carboxylic acid groups (broad SMARTS) is 1. The minimum Gasteiger partial charge on any atom is -0.480 e. The number of nitrogens with zero attached hydrogens (tertiary/aromatic N) is 2. The van der Waals surface area contributed by atoms with Crippen LogP contribution in [-0.4, -0.2) is 58.4 Å². The van der Waals surface area contributed by atoms with Crippen molar-refractivity contribution in [3.63, 3.8) is 0 Å². The highest BCUT2D eigenvalue weighted by molar-refractivity contribution is 8.01. The largest absolute Gasteiger partial charge is 0.480 e. The molecular weight excluding hydrogens is 312 g/mol. The lowest BCUT2D eigenvalue weighted by atomic mass is 9.94. The van der Waals surface area contributed by atoms with Gasteiger partial charge < -0.3 is 5.11 Å². The van der Waals surface area contributed by atoms with Crippen LogP contribution in [0.15, 0.2) is 0 Å². The number of rotatable bonds is 4. The average molecular weight is 336 g/mol. The van der Waals surface area contributed by atoms with E-state index in [0.29, 0.717) is 37.1 Å². The lowest BCUT2D eigenvalue weighted by Crippen LogP contribution is -2.54. The van der Waals surface area contributed by atoms with E-state index in [9.17, 15) is 18.3 Å². The second-order valence-electron chi connectivity index (χ2n) is 6.15. The third kappa shape index (κ3) is 3.38. The van der Waals surface area contributed by atoms with E-state index >= 15 is 0 Å². The fourth-order valence-electron chi connectivity index (χ4n) is 3.26. The zero-order chi connectivity index (χ0) is 15.8. The zero-order valence-electron chi connectivity index (χ0n) is 12.7. The Labute approximate surface area is 131 Å². The molecule has 0 spiro atoms. The van der Waals surface area contributed by atoms with Crippen LogP contribution in [0.25, 0.3) is 0 Å². The van der Waals surface area contributed by atoms with Crippen molar-refractivity contribution in [2.24, 2.45) is 11.8 Å². The molecule has 0 aromatic rings. The van der Waals surface area contributed by atoms with Crippen LogP contribution in [0.4, 0.5) is 0 Å². The summed E-state index contributed by atoms with van der Waals surface area (Å²) in [6.07, 6.45) is 1.63. The molecule has 4 atom stereocenters. The molecule has 0 aliphatic carbocycles. The van der Waals surface area contributed by atoms with Crippen molar-refractivity contribution in [3.05, 3.63) is 0 Å². The molecule has 0 amide bonds. The number of hydrogen-bond donors (Lipinski definition) is 1. The summed E-state index contributed by atoms with van der Waals surface area (Å²) in [5.41, 5.74) is 0. The average Bonchev–Trinajstić information content (AvgIpc) is 2.82. The van der Waals surface area contributed by atoms with Crippen LogP contribution in [-0.2, 0) is 15.0 Å². The first-order valence-corrected chi connectivity index (χ1v) is 9.85. The maximum atomic E-state index is 12.9. The van der Waals surface area contributed by atoms with E-state index < -0.39 is 22.2 Å². The van der Waals surface area contributed by atoms with E-state index in [0.717, 1.165) is 6.42 Å². The maximum absolute atomic E-state index is 12.9. The molecule has 6 nitrogen and oxygen atoms in total. The van der Waals surface area contributed by atoms with E-state index in [-0.39, 0.29) is 5.37 Å². The number of thioether (sulfide) groups is 1. The highest BCUT2D eigenvalue weighted by atomic mass is 32.2. The van der Waals surface area contributed by atoms with Crippen molar-refractivity contribution in [1.29, 1.82) is 0 Å². The third-order valence-corrected chi connectivity index (χ3v) is 7.68. The molecule has 1 N–H and O–H groups in total. The first-order valence-electron chi connectivity index (χ1n) is 7.40. The Kier molecular flexibility index (Phi) is 5.23. The number of carboxylic acids is 1. The van der Waals surface area contributed by atoms with Gasteiger partial charge in [0.25, 0.3) is 10.2 Å². The van der Waals surface area contributed by atoms with Crippen LogP contribution in [0.1, 0.15) is 33.6 Å². The fraction of sp³-hybridized carbons (Fsp3) is 0.923. The van der Waals surface area contributed by atoms with Crippen molar-refractivity contribution in [3.8, 4) is 0 Å². The van der Waals surface area contributed by atoms with Crippen LogP contribution in [0.2, 0.25) is 0 Å². The Morgan fingerprint density at radius 1 is 1.29 bits per heavy atom. The van der Waals surface area contributed by atoms with Crippen molar-refractivity contribution in [2.75, 3.05) is 18.8 Å². The van der Waals surface area contributed by atoms with Gasteiger partial charge in [0.1, 0.15) is 6.04 Å². The highest BCUT2D eigenvalue weighted by Crippen LogP contribution is 2.36. The molecule has 2 rings (SSSR count). The molecule has 0 saturated carbocycles. The summed E-state index contributed by atoms with van der Waals surface area (Å²) in [6, 6.07) is -0.947. The molecule has 0 radical (unpaired) electrons. The zero-order valence-corrected chi connectivity index (χ0v) is 14.4. The lowest BCUT2D eigenvalue weighted by Gasteiger charge is -2.38. The molecule has 2 heterocycles. The van der Waals surface area contributed by atoms with E-state index in [1.807, 2.05) is 20.8 Å². The Morgan fingerprint density at radius 2 is 1.86 bits per heavy atom. The summed E-state index contributed by atoms with van der Waals surface area (Å²) in [7, 11) is -3.72. The Hall–Kier alpha value is -0.310. The molecule has 122 valence electrons. The van der Waals surface area contributed by atoms with E-state index in [2.05, 4.69) is 0 Å². The molecule has 2 aliphatic rings. The summed E-state index contributed by atoms with van der Waals surface area (Å²) in [4.78, 5) is 11.4. The molecule has 8 heteroatoms. The van der Waals surface area contributed by atoms with Gasteiger partial charge in [-0.2, -0.15) is 17.0 Å². The van der Waals surface area contributed by atoms with E-state index in [1.165, 1.54) is 20.4 Å². The summed E-state index contributed by atoms with van der Waals surface area (Å²) >= 11 is 1.42. The molecule has 0 aromatic heterocycles. The van der Waals surface area contributed by atoms with Crippen LogP contribution in [0.5, 0.6) is 0 Å². The van der Waals surface area contributed by atoms with Gasteiger partial charge in [-0.1, -0.05) is 20.8 Å². The first-order chi connectivity index (χ1) is 9.77. The van der Waals surface area contributed by atoms with Crippen molar-refractivity contribution in [2.45, 2.75) is 45.0 Å². The molecule has 2 fully saturated rings. The number of aliphatic carboxylic acids is 1. The van der Waals surface area contributed by atoms with Crippen molar-refractivity contribution in [1.82, 2.24) is 8.61 Å². The van der Waals surface area contributed by atoms with Crippen LogP contribution >= 0.6 is 11.8 Å². The highest BCUT2D eigenvalue weighted by Gasteiger charge is 2.48. The van der Waals surface area contributed by atoms with Gasteiger partial charge in [0.2, 0.25) is 0 Å². The van der Waals surface area contributed by atoms with Gasteiger partial charge in [-0.25, -0.2) is 0 Å². The van der Waals surface area contributed by atoms with E-state index in [1.54, 1.807) is 0 Å². The third-order valence-electron chi connectivity index (χ3n) is 4.10. The van der Waals surface area contributed by atoms with Gasteiger partial charge in [-0.15, -0.1) is 11.8 Å². The smallest absolute Gasteiger partial charge is 0.322 e. The van der Waals surface area contributed by atoms with E-state index in [4.69, 9.17) is 0 Å². The SMILES string of the molecule is CCC1SCC(C(=O)O)N1S(=O)(=O)N1CC(C)CC(C)C1. The molecule has 21 heavy (non-hydrogen) atoms. The second kappa shape index (κ2) is 6.44. The molecule has 2 aliphatic heterocycles. The van der Waals surface area contributed by atoms with Gasteiger partial charge in [-0.3, -0.25) is 4.79 Å². The minimum atomic E-state index is -3.72. The fourth-order valence-corrected chi connectivity index (χ4v) is 7.19. The summed E-state index contributed by atoms with van der Waals surface area (Å²) in [5.74, 6) is -0.115. The molecule has 0 bridgehead atoms. The predicted octanol–water partition coefficient (Wildman–Crippen LogP) is 1.45. The Bertz CT molecular complexity index is 486. The number of piperidine rings is 1. The number of hydrogen-bond acceptors (Lipinski definition) is 4. The summed E-state index contributed by atoms with van der Waals surface area (Å²) in [5, 5.41) is 9.05. The van der Waals surface area contributed by atoms with Gasteiger partial charge in [0.15, 0.2) is 0 Å². The molecule has 0 aromatic carbocycles. The Morgan fingerprint density at radius 3 is 2.33 bits per heavy atom. The van der Waals surface area contributed by atoms with Crippen molar-refractivity contribution < 1.29 is 18.3 Å². The quantitative estimate of drug-likeness (QED) is 0.841. The minimum absolute atomic E-state index is 0.274.